The summed E-state index contributed by atoms with van der Waals surface area (Å²) in [5.41, 5.74) is 0.436. The number of hydrogen-bond donors (Lipinski definition) is 2. The molecule has 4 rings (SSSR count). The molecule has 0 spiro atoms. The number of amides is 2. The first-order valence-electron chi connectivity index (χ1n) is 11.6. The molecule has 1 heterocycles. The highest BCUT2D eigenvalue weighted by Gasteiger charge is 2.32. The van der Waals surface area contributed by atoms with Crippen molar-refractivity contribution in [3.8, 4) is 5.75 Å². The molecule has 2 aromatic carbocycles. The molecule has 10 heteroatoms. The first-order valence-corrected chi connectivity index (χ1v) is 12.5. The molecule has 1 aromatic heterocycles. The number of halogens is 3. The molecule has 0 radical (unpaired) electrons. The molecule has 6 nitrogen and oxygen atoms in total. The van der Waals surface area contributed by atoms with E-state index in [1.54, 1.807) is 5.38 Å². The number of hydrogen-bond acceptors (Lipinski definition) is 5. The second-order valence-corrected chi connectivity index (χ2v) is 9.69. The summed E-state index contributed by atoms with van der Waals surface area (Å²) >= 11 is 1.32. The number of nitrogens with zero attached hydrogens (tertiary/aromatic N) is 1. The van der Waals surface area contributed by atoms with Crippen molar-refractivity contribution in [1.29, 1.82) is 0 Å². The van der Waals surface area contributed by atoms with Crippen molar-refractivity contribution in [1.82, 2.24) is 15.6 Å². The molecule has 2 atom stereocenters. The molecule has 1 saturated carbocycles. The molecule has 0 unspecified atom stereocenters. The van der Waals surface area contributed by atoms with Crippen molar-refractivity contribution in [3.63, 3.8) is 0 Å². The molecular formula is C26H26F3N3O3S. The zero-order valence-corrected chi connectivity index (χ0v) is 20.4. The fourth-order valence-corrected chi connectivity index (χ4v) is 4.75. The van der Waals surface area contributed by atoms with Gasteiger partial charge in [0, 0.05) is 23.0 Å². The Hall–Kier alpha value is -3.40. The highest BCUT2D eigenvalue weighted by molar-refractivity contribution is 7.09. The van der Waals surface area contributed by atoms with E-state index in [4.69, 9.17) is 4.74 Å². The van der Waals surface area contributed by atoms with Crippen molar-refractivity contribution in [2.24, 2.45) is 0 Å². The monoisotopic (exact) mass is 517 g/mol. The summed E-state index contributed by atoms with van der Waals surface area (Å²) in [4.78, 5) is 29.9. The van der Waals surface area contributed by atoms with Crippen LogP contribution in [-0.2, 0) is 12.8 Å². The number of aromatic nitrogens is 1. The smallest absolute Gasteiger partial charge is 0.416 e. The molecular weight excluding hydrogens is 491 g/mol. The molecule has 190 valence electrons. The molecule has 1 aliphatic rings. The molecule has 2 N–H and O–H groups in total. The Balaban J connectivity index is 1.35. The number of aryl methyl sites for hydroxylation is 1. The maximum Gasteiger partial charge on any atom is 0.416 e. The van der Waals surface area contributed by atoms with Gasteiger partial charge in [-0.2, -0.15) is 13.2 Å². The zero-order valence-electron chi connectivity index (χ0n) is 19.6. The number of benzene rings is 2. The van der Waals surface area contributed by atoms with Crippen LogP contribution in [0, 0.1) is 6.92 Å². The average Bonchev–Trinajstić information content (AvgIpc) is 3.34. The van der Waals surface area contributed by atoms with Gasteiger partial charge in [-0.25, -0.2) is 4.98 Å². The number of carbonyl (C=O) groups is 2. The minimum atomic E-state index is -4.53. The number of thiazole rings is 1. The lowest BCUT2D eigenvalue weighted by Crippen LogP contribution is -2.53. The van der Waals surface area contributed by atoms with Crippen LogP contribution in [0.1, 0.15) is 62.7 Å². The van der Waals surface area contributed by atoms with Crippen molar-refractivity contribution in [2.45, 2.75) is 57.5 Å². The summed E-state index contributed by atoms with van der Waals surface area (Å²) in [5.74, 6) is -0.252. The predicted octanol–water partition coefficient (Wildman–Crippen LogP) is 5.52. The molecule has 2 amide bonds. The lowest BCUT2D eigenvalue weighted by Gasteiger charge is -2.32. The Morgan fingerprint density at radius 1 is 1.03 bits per heavy atom. The third kappa shape index (κ3) is 6.63. The van der Waals surface area contributed by atoms with E-state index in [-0.39, 0.29) is 29.8 Å². The first kappa shape index (κ1) is 25.7. The third-order valence-electron chi connectivity index (χ3n) is 6.02. The Morgan fingerprint density at radius 3 is 2.36 bits per heavy atom. The standard InChI is InChI=1S/C26H26F3N3O3S/c1-16-9-11-19(12-10-16)35-14-23-30-22(15-36-23)25(34)32-21-8-3-2-7-20(21)31-24(33)17-5-4-6-18(13-17)26(27,28)29/h4-6,9-13,15,20-21H,2-3,7-8,14H2,1H3,(H,31,33)(H,32,34)/t20-,21-/m1/s1. The lowest BCUT2D eigenvalue weighted by molar-refractivity contribution is -0.137. The number of nitrogens with one attached hydrogen (secondary N) is 2. The normalized spacial score (nSPS) is 17.9. The predicted molar refractivity (Wildman–Crippen MR) is 130 cm³/mol. The van der Waals surface area contributed by atoms with Gasteiger partial charge in [-0.15, -0.1) is 11.3 Å². The average molecular weight is 518 g/mol. The molecule has 36 heavy (non-hydrogen) atoms. The van der Waals surface area contributed by atoms with E-state index < -0.39 is 23.7 Å². The highest BCUT2D eigenvalue weighted by Crippen LogP contribution is 2.29. The fraction of sp³-hybridized carbons (Fsp3) is 0.346. The largest absolute Gasteiger partial charge is 0.486 e. The lowest BCUT2D eigenvalue weighted by atomic mass is 9.90. The number of alkyl halides is 3. The van der Waals surface area contributed by atoms with Crippen molar-refractivity contribution < 1.29 is 27.5 Å². The van der Waals surface area contributed by atoms with Crippen LogP contribution < -0.4 is 15.4 Å². The zero-order chi connectivity index (χ0) is 25.7. The van der Waals surface area contributed by atoms with E-state index in [2.05, 4.69) is 15.6 Å². The summed E-state index contributed by atoms with van der Waals surface area (Å²) < 4.78 is 44.8. The van der Waals surface area contributed by atoms with E-state index in [0.717, 1.165) is 30.5 Å². The van der Waals surface area contributed by atoms with E-state index >= 15 is 0 Å². The van der Waals surface area contributed by atoms with Gasteiger partial charge in [0.05, 0.1) is 5.56 Å². The van der Waals surface area contributed by atoms with Crippen LogP contribution in [0.15, 0.2) is 53.9 Å². The van der Waals surface area contributed by atoms with Crippen LogP contribution in [0.25, 0.3) is 0 Å². The minimum Gasteiger partial charge on any atom is -0.486 e. The van der Waals surface area contributed by atoms with Gasteiger partial charge in [0.2, 0.25) is 0 Å². The van der Waals surface area contributed by atoms with Gasteiger partial charge in [0.15, 0.2) is 0 Å². The number of rotatable bonds is 7. The Kier molecular flexibility index (Phi) is 7.93. The summed E-state index contributed by atoms with van der Waals surface area (Å²) in [6.45, 7) is 2.23. The summed E-state index contributed by atoms with van der Waals surface area (Å²) in [6.07, 6.45) is -1.56. The minimum absolute atomic E-state index is 0.0711. The topological polar surface area (TPSA) is 80.3 Å². The van der Waals surface area contributed by atoms with E-state index in [1.165, 1.54) is 23.5 Å². The third-order valence-corrected chi connectivity index (χ3v) is 6.84. The van der Waals surface area contributed by atoms with Crippen LogP contribution in [-0.4, -0.2) is 28.9 Å². The van der Waals surface area contributed by atoms with E-state index in [0.29, 0.717) is 23.6 Å². The van der Waals surface area contributed by atoms with Crippen LogP contribution >= 0.6 is 11.3 Å². The quantitative estimate of drug-likeness (QED) is 0.433. The molecule has 1 aliphatic carbocycles. The SMILES string of the molecule is Cc1ccc(OCc2nc(C(=O)N[C@@H]3CCCC[C@H]3NC(=O)c3cccc(C(F)(F)F)c3)cs2)cc1. The molecule has 1 fully saturated rings. The van der Waals surface area contributed by atoms with Gasteiger partial charge in [-0.1, -0.05) is 36.6 Å². The highest BCUT2D eigenvalue weighted by atomic mass is 32.1. The Bertz CT molecular complexity index is 1210. The summed E-state index contributed by atoms with van der Waals surface area (Å²) in [5, 5.41) is 8.06. The first-order chi connectivity index (χ1) is 17.2. The van der Waals surface area contributed by atoms with Crippen molar-refractivity contribution in [2.75, 3.05) is 0 Å². The Morgan fingerprint density at radius 2 is 1.69 bits per heavy atom. The van der Waals surface area contributed by atoms with Gasteiger partial charge in [0.1, 0.15) is 23.1 Å². The second kappa shape index (κ2) is 11.1. The van der Waals surface area contributed by atoms with Crippen molar-refractivity contribution >= 4 is 23.2 Å². The van der Waals surface area contributed by atoms with Crippen molar-refractivity contribution in [3.05, 3.63) is 81.3 Å². The van der Waals surface area contributed by atoms with Crippen LogP contribution in [0.4, 0.5) is 13.2 Å². The number of carbonyl (C=O) groups excluding carboxylic acids is 2. The van der Waals surface area contributed by atoms with Gasteiger partial charge in [-0.3, -0.25) is 9.59 Å². The van der Waals surface area contributed by atoms with Gasteiger partial charge >= 0.3 is 6.18 Å². The maximum atomic E-state index is 13.0. The van der Waals surface area contributed by atoms with Gasteiger partial charge in [0.25, 0.3) is 11.8 Å². The summed E-state index contributed by atoms with van der Waals surface area (Å²) in [7, 11) is 0. The van der Waals surface area contributed by atoms with E-state index in [1.807, 2.05) is 31.2 Å². The van der Waals surface area contributed by atoms with Crippen LogP contribution in [0.3, 0.4) is 0 Å². The molecule has 0 saturated heterocycles. The Labute approximate surface area is 210 Å². The second-order valence-electron chi connectivity index (χ2n) is 8.75. The van der Waals surface area contributed by atoms with E-state index in [9.17, 15) is 22.8 Å². The van der Waals surface area contributed by atoms with Gasteiger partial charge in [-0.05, 0) is 50.1 Å². The maximum absolute atomic E-state index is 13.0. The summed E-state index contributed by atoms with van der Waals surface area (Å²) in [6, 6.07) is 11.2. The fourth-order valence-electron chi connectivity index (χ4n) is 4.07. The molecule has 0 aliphatic heterocycles. The van der Waals surface area contributed by atoms with Crippen LogP contribution in [0.5, 0.6) is 5.75 Å². The molecule has 3 aromatic rings. The van der Waals surface area contributed by atoms with Gasteiger partial charge < -0.3 is 15.4 Å². The number of ether oxygens (including phenoxy) is 1. The van der Waals surface area contributed by atoms with Crippen LogP contribution in [0.2, 0.25) is 0 Å². The molecule has 0 bridgehead atoms.